The van der Waals surface area contributed by atoms with E-state index in [1.165, 1.54) is 12.8 Å². The summed E-state index contributed by atoms with van der Waals surface area (Å²) < 4.78 is 0. The summed E-state index contributed by atoms with van der Waals surface area (Å²) in [6.45, 7) is 3.09. The predicted molar refractivity (Wildman–Crippen MR) is 52.9 cm³/mol. The Balaban J connectivity index is 1.78. The Morgan fingerprint density at radius 3 is 3.15 bits per heavy atom. The topological polar surface area (TPSA) is 53.6 Å². The molecule has 4 nitrogen and oxygen atoms in total. The van der Waals surface area contributed by atoms with E-state index < -0.39 is 0 Å². The van der Waals surface area contributed by atoms with Gasteiger partial charge in [0, 0.05) is 11.8 Å². The highest BCUT2D eigenvalue weighted by atomic mass is 32.2. The molecule has 0 aliphatic carbocycles. The minimum absolute atomic E-state index is 0.656. The number of hydrogen-bond donors (Lipinski definition) is 2. The average Bonchev–Trinajstić information content (AvgIpc) is 2.71. The molecule has 2 rings (SSSR count). The van der Waals surface area contributed by atoms with Crippen molar-refractivity contribution in [2.24, 2.45) is 0 Å². The van der Waals surface area contributed by atoms with Crippen molar-refractivity contribution in [3.63, 3.8) is 0 Å². The predicted octanol–water partition coefficient (Wildman–Crippen LogP) is 0.957. The Morgan fingerprint density at radius 1 is 1.62 bits per heavy atom. The smallest absolute Gasteiger partial charge is 0.208 e. The zero-order valence-electron chi connectivity index (χ0n) is 7.71. The van der Waals surface area contributed by atoms with Crippen molar-refractivity contribution in [2.75, 3.05) is 12.3 Å². The van der Waals surface area contributed by atoms with E-state index in [4.69, 9.17) is 0 Å². The Bertz CT molecular complexity index is 267. The van der Waals surface area contributed by atoms with Crippen molar-refractivity contribution in [2.45, 2.75) is 31.0 Å². The summed E-state index contributed by atoms with van der Waals surface area (Å²) in [5, 5.41) is 11.2. The van der Waals surface area contributed by atoms with E-state index in [0.717, 1.165) is 23.3 Å². The lowest BCUT2D eigenvalue weighted by atomic mass is 10.3. The molecule has 1 atom stereocenters. The van der Waals surface area contributed by atoms with Gasteiger partial charge in [-0.1, -0.05) is 11.8 Å². The van der Waals surface area contributed by atoms with Crippen LogP contribution in [0.1, 0.15) is 18.7 Å². The standard InChI is InChI=1S/C8H14N4S/c1-6-10-8(12-11-6)13-5-7-3-2-4-9-7/h7,9H,2-5H2,1H3,(H,10,11,12)/t7-/m0/s1. The number of H-pyrrole nitrogens is 1. The molecule has 1 saturated heterocycles. The lowest BCUT2D eigenvalue weighted by Crippen LogP contribution is -2.23. The van der Waals surface area contributed by atoms with E-state index in [2.05, 4.69) is 20.5 Å². The first-order chi connectivity index (χ1) is 6.34. The van der Waals surface area contributed by atoms with Crippen molar-refractivity contribution in [3.8, 4) is 0 Å². The van der Waals surface area contributed by atoms with E-state index in [1.807, 2.05) is 6.92 Å². The quantitative estimate of drug-likeness (QED) is 0.710. The van der Waals surface area contributed by atoms with Crippen molar-refractivity contribution in [3.05, 3.63) is 5.82 Å². The highest BCUT2D eigenvalue weighted by Gasteiger charge is 2.14. The van der Waals surface area contributed by atoms with Crippen molar-refractivity contribution in [1.29, 1.82) is 0 Å². The maximum absolute atomic E-state index is 4.24. The molecule has 0 unspecified atom stereocenters. The third kappa shape index (κ3) is 2.45. The maximum Gasteiger partial charge on any atom is 0.208 e. The maximum atomic E-state index is 4.24. The second-order valence-electron chi connectivity index (χ2n) is 3.31. The van der Waals surface area contributed by atoms with Crippen LogP contribution in [-0.4, -0.2) is 33.5 Å². The number of aromatic nitrogens is 3. The lowest BCUT2D eigenvalue weighted by molar-refractivity contribution is 0.673. The highest BCUT2D eigenvalue weighted by molar-refractivity contribution is 7.99. The fourth-order valence-corrected chi connectivity index (χ4v) is 2.41. The van der Waals surface area contributed by atoms with Gasteiger partial charge in [0.2, 0.25) is 5.16 Å². The highest BCUT2D eigenvalue weighted by Crippen LogP contribution is 2.17. The summed E-state index contributed by atoms with van der Waals surface area (Å²) in [5.74, 6) is 1.97. The van der Waals surface area contributed by atoms with Crippen LogP contribution in [0.2, 0.25) is 0 Å². The summed E-state index contributed by atoms with van der Waals surface area (Å²) >= 11 is 1.72. The van der Waals surface area contributed by atoms with E-state index in [9.17, 15) is 0 Å². The molecule has 0 radical (unpaired) electrons. The number of rotatable bonds is 3. The van der Waals surface area contributed by atoms with Gasteiger partial charge in [-0.15, -0.1) is 5.10 Å². The molecular formula is C8H14N4S. The van der Waals surface area contributed by atoms with E-state index >= 15 is 0 Å². The van der Waals surface area contributed by atoms with Crippen molar-refractivity contribution in [1.82, 2.24) is 20.5 Å². The van der Waals surface area contributed by atoms with Crippen LogP contribution in [0.25, 0.3) is 0 Å². The fourth-order valence-electron chi connectivity index (χ4n) is 1.46. The second kappa shape index (κ2) is 4.11. The Morgan fingerprint density at radius 2 is 2.54 bits per heavy atom. The van der Waals surface area contributed by atoms with Gasteiger partial charge in [-0.05, 0) is 26.3 Å². The first-order valence-corrected chi connectivity index (χ1v) is 5.58. The molecule has 13 heavy (non-hydrogen) atoms. The molecule has 5 heteroatoms. The fraction of sp³-hybridized carbons (Fsp3) is 0.750. The Kier molecular flexibility index (Phi) is 2.85. The molecule has 0 saturated carbocycles. The van der Waals surface area contributed by atoms with Crippen molar-refractivity contribution < 1.29 is 0 Å². The van der Waals surface area contributed by atoms with Gasteiger partial charge >= 0.3 is 0 Å². The summed E-state index contributed by atoms with van der Waals surface area (Å²) in [5.41, 5.74) is 0. The Hall–Kier alpha value is -0.550. The molecule has 1 fully saturated rings. The average molecular weight is 198 g/mol. The molecule has 1 aliphatic rings. The molecule has 0 spiro atoms. The number of aryl methyl sites for hydroxylation is 1. The number of aromatic amines is 1. The van der Waals surface area contributed by atoms with Crippen LogP contribution in [0.15, 0.2) is 5.16 Å². The van der Waals surface area contributed by atoms with E-state index in [0.29, 0.717) is 6.04 Å². The number of nitrogens with one attached hydrogen (secondary N) is 2. The molecule has 1 aromatic rings. The third-order valence-electron chi connectivity index (χ3n) is 2.15. The Labute approximate surface area is 81.9 Å². The molecule has 2 N–H and O–H groups in total. The summed E-state index contributed by atoms with van der Waals surface area (Å²) in [4.78, 5) is 4.24. The van der Waals surface area contributed by atoms with Crippen LogP contribution in [0.5, 0.6) is 0 Å². The summed E-state index contributed by atoms with van der Waals surface area (Å²) in [6, 6.07) is 0.656. The summed E-state index contributed by atoms with van der Waals surface area (Å²) in [7, 11) is 0. The van der Waals surface area contributed by atoms with Crippen LogP contribution in [0.4, 0.5) is 0 Å². The normalized spacial score (nSPS) is 22.4. The molecule has 1 aromatic heterocycles. The van der Waals surface area contributed by atoms with Crippen LogP contribution >= 0.6 is 11.8 Å². The van der Waals surface area contributed by atoms with Gasteiger partial charge in [-0.25, -0.2) is 4.98 Å². The second-order valence-corrected chi connectivity index (χ2v) is 4.29. The first kappa shape index (κ1) is 9.02. The molecule has 0 bridgehead atoms. The van der Waals surface area contributed by atoms with Gasteiger partial charge in [0.05, 0.1) is 0 Å². The monoisotopic (exact) mass is 198 g/mol. The van der Waals surface area contributed by atoms with Gasteiger partial charge in [-0.3, -0.25) is 5.10 Å². The molecule has 0 amide bonds. The first-order valence-electron chi connectivity index (χ1n) is 4.60. The van der Waals surface area contributed by atoms with E-state index in [1.54, 1.807) is 11.8 Å². The SMILES string of the molecule is Cc1nc(SC[C@@H]2CCCN2)n[nH]1. The molecule has 0 aromatic carbocycles. The lowest BCUT2D eigenvalue weighted by Gasteiger charge is -2.06. The minimum Gasteiger partial charge on any atom is -0.313 e. The van der Waals surface area contributed by atoms with Gasteiger partial charge in [0.25, 0.3) is 0 Å². The third-order valence-corrected chi connectivity index (χ3v) is 3.16. The molecule has 2 heterocycles. The van der Waals surface area contributed by atoms with Crippen LogP contribution in [-0.2, 0) is 0 Å². The van der Waals surface area contributed by atoms with Gasteiger partial charge in [-0.2, -0.15) is 0 Å². The number of thioether (sulfide) groups is 1. The molecule has 1 aliphatic heterocycles. The minimum atomic E-state index is 0.656. The molecule has 72 valence electrons. The van der Waals surface area contributed by atoms with Gasteiger partial charge in [0.1, 0.15) is 5.82 Å². The number of hydrogen-bond acceptors (Lipinski definition) is 4. The number of nitrogens with zero attached hydrogens (tertiary/aromatic N) is 2. The van der Waals surface area contributed by atoms with Gasteiger partial charge in [0.15, 0.2) is 0 Å². The van der Waals surface area contributed by atoms with E-state index in [-0.39, 0.29) is 0 Å². The van der Waals surface area contributed by atoms with Crippen LogP contribution in [0.3, 0.4) is 0 Å². The zero-order chi connectivity index (χ0) is 9.10. The van der Waals surface area contributed by atoms with Gasteiger partial charge < -0.3 is 5.32 Å². The van der Waals surface area contributed by atoms with Crippen LogP contribution < -0.4 is 5.32 Å². The molecular weight excluding hydrogens is 184 g/mol. The zero-order valence-corrected chi connectivity index (χ0v) is 8.52. The largest absolute Gasteiger partial charge is 0.313 e. The van der Waals surface area contributed by atoms with Crippen molar-refractivity contribution >= 4 is 11.8 Å². The summed E-state index contributed by atoms with van der Waals surface area (Å²) in [6.07, 6.45) is 2.59. The van der Waals surface area contributed by atoms with Crippen LogP contribution in [0, 0.1) is 6.92 Å².